The molecule has 0 bridgehead atoms. The predicted octanol–water partition coefficient (Wildman–Crippen LogP) is 0.933. The molecule has 98 valence electrons. The molecule has 1 amide bonds. The number of β-amino-alcohol motifs (C(OH)–C–C–N with tert-alkyl or cyclic N) is 1. The van der Waals surface area contributed by atoms with E-state index in [1.165, 1.54) is 13.3 Å². The number of carbonyl (C=O) groups is 1. The Morgan fingerprint density at radius 1 is 1.50 bits per heavy atom. The summed E-state index contributed by atoms with van der Waals surface area (Å²) in [5, 5.41) is 10.1. The van der Waals surface area contributed by atoms with E-state index in [9.17, 15) is 9.90 Å². The SMILES string of the molecule is COc1ccc(C(=O)N2CC(O)(C(C)C)C2)cn1. The van der Waals surface area contributed by atoms with Crippen LogP contribution in [-0.2, 0) is 0 Å². The summed E-state index contributed by atoms with van der Waals surface area (Å²) in [5.41, 5.74) is -0.225. The van der Waals surface area contributed by atoms with Crippen molar-refractivity contribution in [1.29, 1.82) is 0 Å². The number of hydrogen-bond acceptors (Lipinski definition) is 4. The van der Waals surface area contributed by atoms with Crippen molar-refractivity contribution < 1.29 is 14.6 Å². The van der Waals surface area contributed by atoms with E-state index < -0.39 is 5.60 Å². The fourth-order valence-electron chi connectivity index (χ4n) is 1.93. The van der Waals surface area contributed by atoms with Crippen LogP contribution in [0.2, 0.25) is 0 Å². The van der Waals surface area contributed by atoms with Crippen LogP contribution in [0.5, 0.6) is 5.88 Å². The van der Waals surface area contributed by atoms with Crippen LogP contribution < -0.4 is 4.74 Å². The number of aliphatic hydroxyl groups is 1. The van der Waals surface area contributed by atoms with Crippen LogP contribution in [-0.4, -0.2) is 46.7 Å². The number of aromatic nitrogens is 1. The Balaban J connectivity index is 2.01. The van der Waals surface area contributed by atoms with Crippen molar-refractivity contribution in [2.75, 3.05) is 20.2 Å². The molecule has 0 unspecified atom stereocenters. The summed E-state index contributed by atoms with van der Waals surface area (Å²) in [6, 6.07) is 3.34. The number of ether oxygens (including phenoxy) is 1. The second-order valence-corrected chi connectivity index (χ2v) is 5.01. The Hall–Kier alpha value is -1.62. The van der Waals surface area contributed by atoms with E-state index in [0.29, 0.717) is 24.5 Å². The quantitative estimate of drug-likeness (QED) is 0.867. The van der Waals surface area contributed by atoms with Gasteiger partial charge in [0.25, 0.3) is 5.91 Å². The van der Waals surface area contributed by atoms with Crippen molar-refractivity contribution in [3.05, 3.63) is 23.9 Å². The molecule has 2 rings (SSSR count). The number of nitrogens with zero attached hydrogens (tertiary/aromatic N) is 2. The number of pyridine rings is 1. The molecule has 0 saturated carbocycles. The molecule has 1 saturated heterocycles. The summed E-state index contributed by atoms with van der Waals surface area (Å²) < 4.78 is 4.94. The molecule has 1 N–H and O–H groups in total. The molecule has 1 aromatic heterocycles. The molecule has 5 heteroatoms. The van der Waals surface area contributed by atoms with Crippen molar-refractivity contribution in [3.8, 4) is 5.88 Å². The molecule has 0 spiro atoms. The molecule has 1 aliphatic heterocycles. The fraction of sp³-hybridized carbons (Fsp3) is 0.538. The highest BCUT2D eigenvalue weighted by atomic mass is 16.5. The molecule has 0 atom stereocenters. The van der Waals surface area contributed by atoms with E-state index in [2.05, 4.69) is 4.98 Å². The molecule has 1 aliphatic rings. The Labute approximate surface area is 106 Å². The lowest BCUT2D eigenvalue weighted by molar-refractivity contribution is -0.110. The van der Waals surface area contributed by atoms with Gasteiger partial charge in [-0.1, -0.05) is 13.8 Å². The minimum atomic E-state index is -0.741. The van der Waals surface area contributed by atoms with Gasteiger partial charge in [0.1, 0.15) is 5.60 Å². The van der Waals surface area contributed by atoms with E-state index >= 15 is 0 Å². The van der Waals surface area contributed by atoms with Crippen molar-refractivity contribution in [1.82, 2.24) is 9.88 Å². The van der Waals surface area contributed by atoms with Gasteiger partial charge in [-0.15, -0.1) is 0 Å². The van der Waals surface area contributed by atoms with Gasteiger partial charge in [0.2, 0.25) is 5.88 Å². The topological polar surface area (TPSA) is 62.7 Å². The van der Waals surface area contributed by atoms with Crippen LogP contribution in [0.4, 0.5) is 0 Å². The van der Waals surface area contributed by atoms with Crippen LogP contribution in [0.15, 0.2) is 18.3 Å². The average molecular weight is 250 g/mol. The van der Waals surface area contributed by atoms with Crippen LogP contribution in [0.3, 0.4) is 0 Å². The Bertz CT molecular complexity index is 436. The Morgan fingerprint density at radius 3 is 2.61 bits per heavy atom. The number of rotatable bonds is 3. The van der Waals surface area contributed by atoms with E-state index in [1.54, 1.807) is 17.0 Å². The minimum absolute atomic E-state index is 0.101. The molecule has 0 radical (unpaired) electrons. The summed E-state index contributed by atoms with van der Waals surface area (Å²) in [5.74, 6) is 0.528. The van der Waals surface area contributed by atoms with Gasteiger partial charge in [-0.2, -0.15) is 0 Å². The van der Waals surface area contributed by atoms with Crippen molar-refractivity contribution >= 4 is 5.91 Å². The summed E-state index contributed by atoms with van der Waals surface area (Å²) in [4.78, 5) is 17.7. The first-order chi connectivity index (χ1) is 8.46. The van der Waals surface area contributed by atoms with Gasteiger partial charge in [0.15, 0.2) is 0 Å². The number of likely N-dealkylation sites (tertiary alicyclic amines) is 1. The second kappa shape index (κ2) is 4.57. The van der Waals surface area contributed by atoms with Gasteiger partial charge in [-0.25, -0.2) is 4.98 Å². The van der Waals surface area contributed by atoms with Crippen LogP contribution in [0.1, 0.15) is 24.2 Å². The third kappa shape index (κ3) is 2.18. The maximum Gasteiger partial charge on any atom is 0.255 e. The van der Waals surface area contributed by atoms with Crippen LogP contribution in [0.25, 0.3) is 0 Å². The van der Waals surface area contributed by atoms with Gasteiger partial charge < -0.3 is 14.7 Å². The molecule has 1 fully saturated rings. The smallest absolute Gasteiger partial charge is 0.255 e. The maximum absolute atomic E-state index is 12.1. The second-order valence-electron chi connectivity index (χ2n) is 5.01. The van der Waals surface area contributed by atoms with Gasteiger partial charge in [0.05, 0.1) is 25.8 Å². The lowest BCUT2D eigenvalue weighted by atomic mass is 9.83. The first-order valence-corrected chi connectivity index (χ1v) is 5.98. The standard InChI is InChI=1S/C13H18N2O3/c1-9(2)13(17)7-15(8-13)12(16)10-4-5-11(18-3)14-6-10/h4-6,9,17H,7-8H2,1-3H3. The third-order valence-electron chi connectivity index (χ3n) is 3.48. The van der Waals surface area contributed by atoms with E-state index in [1.807, 2.05) is 13.8 Å². The summed E-state index contributed by atoms with van der Waals surface area (Å²) in [7, 11) is 1.53. The predicted molar refractivity (Wildman–Crippen MR) is 66.5 cm³/mol. The number of methoxy groups -OCH3 is 1. The molecule has 5 nitrogen and oxygen atoms in total. The highest BCUT2D eigenvalue weighted by Gasteiger charge is 2.45. The lowest BCUT2D eigenvalue weighted by Crippen LogP contribution is -2.65. The monoisotopic (exact) mass is 250 g/mol. The zero-order chi connectivity index (χ0) is 13.3. The fourth-order valence-corrected chi connectivity index (χ4v) is 1.93. The Kier molecular flexibility index (Phi) is 3.26. The Morgan fingerprint density at radius 2 is 2.17 bits per heavy atom. The highest BCUT2D eigenvalue weighted by Crippen LogP contribution is 2.29. The van der Waals surface area contributed by atoms with Gasteiger partial charge >= 0.3 is 0 Å². The largest absolute Gasteiger partial charge is 0.481 e. The van der Waals surface area contributed by atoms with Crippen molar-refractivity contribution in [2.45, 2.75) is 19.4 Å². The summed E-state index contributed by atoms with van der Waals surface area (Å²) >= 11 is 0. The zero-order valence-electron chi connectivity index (χ0n) is 10.9. The number of carbonyl (C=O) groups excluding carboxylic acids is 1. The zero-order valence-corrected chi connectivity index (χ0v) is 10.9. The summed E-state index contributed by atoms with van der Waals surface area (Å²) in [6.45, 7) is 4.68. The van der Waals surface area contributed by atoms with Crippen molar-refractivity contribution in [3.63, 3.8) is 0 Å². The first kappa shape index (κ1) is 12.8. The molecule has 18 heavy (non-hydrogen) atoms. The highest BCUT2D eigenvalue weighted by molar-refractivity contribution is 5.94. The number of amides is 1. The van der Waals surface area contributed by atoms with E-state index in [0.717, 1.165) is 0 Å². The minimum Gasteiger partial charge on any atom is -0.481 e. The van der Waals surface area contributed by atoms with E-state index in [4.69, 9.17) is 4.74 Å². The van der Waals surface area contributed by atoms with Gasteiger partial charge in [-0.3, -0.25) is 4.79 Å². The van der Waals surface area contributed by atoms with Gasteiger partial charge in [0, 0.05) is 12.3 Å². The van der Waals surface area contributed by atoms with Crippen molar-refractivity contribution in [2.24, 2.45) is 5.92 Å². The molecular weight excluding hydrogens is 232 g/mol. The molecule has 1 aromatic rings. The normalized spacial score (nSPS) is 17.5. The molecule has 0 aliphatic carbocycles. The third-order valence-corrected chi connectivity index (χ3v) is 3.48. The molecule has 0 aromatic carbocycles. The molecule has 2 heterocycles. The summed E-state index contributed by atoms with van der Waals surface area (Å²) in [6.07, 6.45) is 1.49. The van der Waals surface area contributed by atoms with Crippen LogP contribution in [0, 0.1) is 5.92 Å². The van der Waals surface area contributed by atoms with E-state index in [-0.39, 0.29) is 11.8 Å². The average Bonchev–Trinajstić information content (AvgIpc) is 2.34. The lowest BCUT2D eigenvalue weighted by Gasteiger charge is -2.49. The molecular formula is C13H18N2O3. The maximum atomic E-state index is 12.1. The van der Waals surface area contributed by atoms with Gasteiger partial charge in [-0.05, 0) is 12.0 Å². The van der Waals surface area contributed by atoms with Crippen LogP contribution >= 0.6 is 0 Å². The number of hydrogen-bond donors (Lipinski definition) is 1. The first-order valence-electron chi connectivity index (χ1n) is 5.98.